The lowest BCUT2D eigenvalue weighted by Gasteiger charge is -2.11. The maximum Gasteiger partial charge on any atom is 0.262 e. The third kappa shape index (κ3) is 5.75. The van der Waals surface area contributed by atoms with E-state index in [9.17, 15) is 9.59 Å². The van der Waals surface area contributed by atoms with Crippen molar-refractivity contribution < 1.29 is 14.3 Å². The van der Waals surface area contributed by atoms with Gasteiger partial charge in [0.1, 0.15) is 5.75 Å². The van der Waals surface area contributed by atoms with Crippen molar-refractivity contribution in [3.05, 3.63) is 87.4 Å². The predicted octanol–water partition coefficient (Wildman–Crippen LogP) is 5.88. The predicted molar refractivity (Wildman–Crippen MR) is 121 cm³/mol. The van der Waals surface area contributed by atoms with Gasteiger partial charge in [0.15, 0.2) is 6.61 Å². The van der Waals surface area contributed by atoms with Crippen molar-refractivity contribution in [2.45, 2.75) is 13.8 Å². The van der Waals surface area contributed by atoms with Gasteiger partial charge in [-0.05, 0) is 73.5 Å². The average molecular weight is 443 g/mol. The molecule has 2 N–H and O–H groups in total. The van der Waals surface area contributed by atoms with E-state index < -0.39 is 0 Å². The third-order valence-electron chi connectivity index (χ3n) is 4.43. The molecule has 0 radical (unpaired) electrons. The van der Waals surface area contributed by atoms with Gasteiger partial charge in [-0.2, -0.15) is 0 Å². The van der Waals surface area contributed by atoms with Crippen LogP contribution in [-0.2, 0) is 4.79 Å². The van der Waals surface area contributed by atoms with Crippen LogP contribution in [0.5, 0.6) is 5.75 Å². The molecule has 0 spiro atoms. The van der Waals surface area contributed by atoms with Gasteiger partial charge in [-0.15, -0.1) is 0 Å². The number of amides is 2. The van der Waals surface area contributed by atoms with Gasteiger partial charge in [-0.25, -0.2) is 0 Å². The lowest BCUT2D eigenvalue weighted by atomic mass is 10.1. The van der Waals surface area contributed by atoms with Crippen LogP contribution in [0.3, 0.4) is 0 Å². The number of rotatable bonds is 6. The van der Waals surface area contributed by atoms with Gasteiger partial charge in [0.2, 0.25) is 0 Å². The standard InChI is InChI=1S/C23H20Cl2N2O3/c1-14-6-8-19(10-15(14)2)30-13-22(28)26-17-4-3-5-18(12-17)27-23(29)20-9-7-16(24)11-21(20)25/h3-12H,13H2,1-2H3,(H,26,28)(H,27,29). The van der Waals surface area contributed by atoms with Crippen LogP contribution in [0.4, 0.5) is 11.4 Å². The molecule has 5 nitrogen and oxygen atoms in total. The molecule has 2 amide bonds. The quantitative estimate of drug-likeness (QED) is 0.500. The van der Waals surface area contributed by atoms with Crippen LogP contribution < -0.4 is 15.4 Å². The molecule has 0 unspecified atom stereocenters. The van der Waals surface area contributed by atoms with Gasteiger partial charge in [0.25, 0.3) is 11.8 Å². The van der Waals surface area contributed by atoms with E-state index in [0.29, 0.717) is 27.7 Å². The molecule has 0 bridgehead atoms. The molecular formula is C23H20Cl2N2O3. The van der Waals surface area contributed by atoms with Gasteiger partial charge < -0.3 is 15.4 Å². The van der Waals surface area contributed by atoms with E-state index in [4.69, 9.17) is 27.9 Å². The highest BCUT2D eigenvalue weighted by Crippen LogP contribution is 2.23. The number of halogens is 2. The Bertz CT molecular complexity index is 1100. The van der Waals surface area contributed by atoms with Gasteiger partial charge in [-0.3, -0.25) is 9.59 Å². The number of hydrogen-bond donors (Lipinski definition) is 2. The summed E-state index contributed by atoms with van der Waals surface area (Å²) in [6.07, 6.45) is 0. The summed E-state index contributed by atoms with van der Waals surface area (Å²) in [6, 6.07) is 17.1. The largest absolute Gasteiger partial charge is 0.484 e. The first-order chi connectivity index (χ1) is 14.3. The molecule has 0 fully saturated rings. The summed E-state index contributed by atoms with van der Waals surface area (Å²) in [5.41, 5.74) is 3.60. The minimum Gasteiger partial charge on any atom is -0.484 e. The summed E-state index contributed by atoms with van der Waals surface area (Å²) < 4.78 is 5.54. The molecule has 0 heterocycles. The smallest absolute Gasteiger partial charge is 0.262 e. The Kier molecular flexibility index (Phi) is 6.98. The first-order valence-corrected chi connectivity index (χ1v) is 9.94. The van der Waals surface area contributed by atoms with Gasteiger partial charge in [0, 0.05) is 16.4 Å². The minimum atomic E-state index is -0.377. The van der Waals surface area contributed by atoms with Crippen molar-refractivity contribution in [1.82, 2.24) is 0 Å². The van der Waals surface area contributed by atoms with Crippen molar-refractivity contribution in [2.75, 3.05) is 17.2 Å². The van der Waals surface area contributed by atoms with Crippen molar-refractivity contribution >= 4 is 46.4 Å². The summed E-state index contributed by atoms with van der Waals surface area (Å²) in [4.78, 5) is 24.7. The van der Waals surface area contributed by atoms with Gasteiger partial charge in [0.05, 0.1) is 10.6 Å². The topological polar surface area (TPSA) is 67.4 Å². The SMILES string of the molecule is Cc1ccc(OCC(=O)Nc2cccc(NC(=O)c3ccc(Cl)cc3Cl)c2)cc1C. The molecular weight excluding hydrogens is 423 g/mol. The van der Waals surface area contributed by atoms with Crippen LogP contribution in [0, 0.1) is 13.8 Å². The van der Waals surface area contributed by atoms with E-state index in [1.807, 2.05) is 32.0 Å². The number of aryl methyl sites for hydroxylation is 2. The molecule has 0 aliphatic carbocycles. The van der Waals surface area contributed by atoms with Crippen molar-refractivity contribution in [3.8, 4) is 5.75 Å². The lowest BCUT2D eigenvalue weighted by Crippen LogP contribution is -2.20. The summed E-state index contributed by atoms with van der Waals surface area (Å²) in [6.45, 7) is 3.87. The fourth-order valence-corrected chi connectivity index (χ4v) is 3.19. The minimum absolute atomic E-state index is 0.126. The summed E-state index contributed by atoms with van der Waals surface area (Å²) >= 11 is 11.9. The number of anilines is 2. The maximum atomic E-state index is 12.4. The van der Waals surface area contributed by atoms with Crippen molar-refractivity contribution in [2.24, 2.45) is 0 Å². The average Bonchev–Trinajstić information content (AvgIpc) is 2.69. The highest BCUT2D eigenvalue weighted by molar-refractivity contribution is 6.37. The Morgan fingerprint density at radius 2 is 1.60 bits per heavy atom. The zero-order valence-electron chi connectivity index (χ0n) is 16.5. The Labute approximate surface area is 185 Å². The molecule has 3 aromatic rings. The Morgan fingerprint density at radius 1 is 0.867 bits per heavy atom. The van der Waals surface area contributed by atoms with E-state index in [2.05, 4.69) is 10.6 Å². The van der Waals surface area contributed by atoms with E-state index in [1.54, 1.807) is 36.4 Å². The Hall–Kier alpha value is -3.02. The van der Waals surface area contributed by atoms with Crippen LogP contribution in [0.25, 0.3) is 0 Å². The summed E-state index contributed by atoms with van der Waals surface area (Å²) in [7, 11) is 0. The van der Waals surface area contributed by atoms with Crippen molar-refractivity contribution in [1.29, 1.82) is 0 Å². The van der Waals surface area contributed by atoms with Gasteiger partial charge in [-0.1, -0.05) is 35.3 Å². The van der Waals surface area contributed by atoms with E-state index in [0.717, 1.165) is 11.1 Å². The number of benzene rings is 3. The van der Waals surface area contributed by atoms with Crippen LogP contribution in [0.15, 0.2) is 60.7 Å². The molecule has 0 aromatic heterocycles. The van der Waals surface area contributed by atoms with E-state index >= 15 is 0 Å². The molecule has 0 saturated heterocycles. The lowest BCUT2D eigenvalue weighted by molar-refractivity contribution is -0.118. The fraction of sp³-hybridized carbons (Fsp3) is 0.130. The van der Waals surface area contributed by atoms with Gasteiger partial charge >= 0.3 is 0 Å². The van der Waals surface area contributed by atoms with E-state index in [1.165, 1.54) is 6.07 Å². The number of nitrogens with one attached hydrogen (secondary N) is 2. The van der Waals surface area contributed by atoms with E-state index in [-0.39, 0.29) is 23.4 Å². The zero-order valence-corrected chi connectivity index (χ0v) is 18.0. The maximum absolute atomic E-state index is 12.4. The number of carbonyl (C=O) groups is 2. The molecule has 3 aromatic carbocycles. The second kappa shape index (κ2) is 9.65. The first kappa shape index (κ1) is 21.7. The molecule has 0 aliphatic rings. The van der Waals surface area contributed by atoms with Crippen molar-refractivity contribution in [3.63, 3.8) is 0 Å². The highest BCUT2D eigenvalue weighted by atomic mass is 35.5. The van der Waals surface area contributed by atoms with Crippen LogP contribution in [0.1, 0.15) is 21.5 Å². The monoisotopic (exact) mass is 442 g/mol. The molecule has 0 aliphatic heterocycles. The molecule has 154 valence electrons. The number of carbonyl (C=O) groups excluding carboxylic acids is 2. The van der Waals surface area contributed by atoms with Crippen LogP contribution >= 0.6 is 23.2 Å². The first-order valence-electron chi connectivity index (χ1n) is 9.18. The number of ether oxygens (including phenoxy) is 1. The van der Waals surface area contributed by atoms with Crippen LogP contribution in [-0.4, -0.2) is 18.4 Å². The Balaban J connectivity index is 1.59. The normalized spacial score (nSPS) is 10.4. The molecule has 0 atom stereocenters. The second-order valence-corrected chi connectivity index (χ2v) is 7.59. The highest BCUT2D eigenvalue weighted by Gasteiger charge is 2.12. The zero-order chi connectivity index (χ0) is 21.7. The Morgan fingerprint density at radius 3 is 2.30 bits per heavy atom. The molecule has 0 saturated carbocycles. The molecule has 30 heavy (non-hydrogen) atoms. The molecule has 3 rings (SSSR count). The number of hydrogen-bond acceptors (Lipinski definition) is 3. The van der Waals surface area contributed by atoms with Crippen LogP contribution in [0.2, 0.25) is 10.0 Å². The summed E-state index contributed by atoms with van der Waals surface area (Å²) in [5, 5.41) is 6.21. The fourth-order valence-electron chi connectivity index (χ4n) is 2.70. The third-order valence-corrected chi connectivity index (χ3v) is 4.98. The summed E-state index contributed by atoms with van der Waals surface area (Å²) in [5.74, 6) is -0.0511. The second-order valence-electron chi connectivity index (χ2n) is 6.74. The molecule has 7 heteroatoms.